The number of hydrogen-bond donors (Lipinski definition) is 2. The number of nitrogens with one attached hydrogen (secondary N) is 1. The number of anilines is 1. The number of rotatable bonds is 3. The Morgan fingerprint density at radius 3 is 2.89 bits per heavy atom. The first-order valence-electron chi connectivity index (χ1n) is 5.50. The fourth-order valence-corrected chi connectivity index (χ4v) is 1.76. The molecule has 0 saturated carbocycles. The van der Waals surface area contributed by atoms with Crippen LogP contribution in [0.4, 0.5) is 5.69 Å². The van der Waals surface area contributed by atoms with Gasteiger partial charge in [-0.1, -0.05) is 22.8 Å². The number of oxime groups is 1. The molecule has 1 aromatic rings. The van der Waals surface area contributed by atoms with Gasteiger partial charge in [0.2, 0.25) is 6.10 Å². The third-order valence-electron chi connectivity index (χ3n) is 2.59. The Hall–Kier alpha value is -2.08. The number of carboxylic acid groups (broad SMARTS) is 1. The van der Waals surface area contributed by atoms with E-state index < -0.39 is 18.0 Å². The highest BCUT2D eigenvalue weighted by Gasteiger charge is 2.31. The van der Waals surface area contributed by atoms with Crippen LogP contribution in [0.5, 0.6) is 0 Å². The van der Waals surface area contributed by atoms with E-state index in [9.17, 15) is 9.59 Å². The zero-order chi connectivity index (χ0) is 14.0. The van der Waals surface area contributed by atoms with Crippen molar-refractivity contribution in [1.82, 2.24) is 0 Å². The molecule has 0 bridgehead atoms. The predicted molar refractivity (Wildman–Crippen MR) is 69.4 cm³/mol. The molecule has 1 heterocycles. The SMILES string of the molecule is Cc1ccc(Cl)c(NC(=O)C2CC(C(=O)O)=NO2)c1. The van der Waals surface area contributed by atoms with Gasteiger partial charge < -0.3 is 15.3 Å². The summed E-state index contributed by atoms with van der Waals surface area (Å²) in [6, 6.07) is 5.20. The van der Waals surface area contributed by atoms with Gasteiger partial charge in [0.15, 0.2) is 5.71 Å². The average molecular weight is 283 g/mol. The maximum atomic E-state index is 11.9. The summed E-state index contributed by atoms with van der Waals surface area (Å²) in [5.41, 5.74) is 1.23. The van der Waals surface area contributed by atoms with Crippen LogP contribution in [0.15, 0.2) is 23.4 Å². The van der Waals surface area contributed by atoms with Crippen molar-refractivity contribution >= 4 is 34.9 Å². The van der Waals surface area contributed by atoms with Crippen LogP contribution in [-0.2, 0) is 14.4 Å². The Balaban J connectivity index is 2.03. The highest BCUT2D eigenvalue weighted by Crippen LogP contribution is 2.23. The summed E-state index contributed by atoms with van der Waals surface area (Å²) in [6.07, 6.45) is -1.01. The monoisotopic (exact) mass is 282 g/mol. The minimum atomic E-state index is -1.19. The number of carbonyl (C=O) groups is 2. The van der Waals surface area contributed by atoms with Gasteiger partial charge in [-0.2, -0.15) is 0 Å². The summed E-state index contributed by atoms with van der Waals surface area (Å²) in [4.78, 5) is 27.3. The summed E-state index contributed by atoms with van der Waals surface area (Å²) in [7, 11) is 0. The van der Waals surface area contributed by atoms with Crippen molar-refractivity contribution in [2.24, 2.45) is 5.16 Å². The molecule has 0 spiro atoms. The topological polar surface area (TPSA) is 88.0 Å². The molecule has 1 unspecified atom stereocenters. The fraction of sp³-hybridized carbons (Fsp3) is 0.250. The molecule has 0 fully saturated rings. The van der Waals surface area contributed by atoms with Crippen LogP contribution < -0.4 is 5.32 Å². The summed E-state index contributed by atoms with van der Waals surface area (Å²) in [5, 5.41) is 15.1. The van der Waals surface area contributed by atoms with E-state index in [2.05, 4.69) is 10.5 Å². The summed E-state index contributed by atoms with van der Waals surface area (Å²) in [6.45, 7) is 1.86. The lowest BCUT2D eigenvalue weighted by molar-refractivity contribution is -0.129. The third kappa shape index (κ3) is 3.03. The lowest BCUT2D eigenvalue weighted by Crippen LogP contribution is -2.29. The molecule has 6 nitrogen and oxygen atoms in total. The van der Waals surface area contributed by atoms with Crippen LogP contribution in [0.1, 0.15) is 12.0 Å². The lowest BCUT2D eigenvalue weighted by atomic mass is 10.1. The van der Waals surface area contributed by atoms with Crippen LogP contribution >= 0.6 is 11.6 Å². The van der Waals surface area contributed by atoms with E-state index in [0.717, 1.165) is 5.56 Å². The van der Waals surface area contributed by atoms with Crippen LogP contribution in [0.25, 0.3) is 0 Å². The van der Waals surface area contributed by atoms with Crippen molar-refractivity contribution in [3.8, 4) is 0 Å². The van der Waals surface area contributed by atoms with Gasteiger partial charge in [0, 0.05) is 6.42 Å². The molecule has 0 radical (unpaired) electrons. The summed E-state index contributed by atoms with van der Waals surface area (Å²) >= 11 is 5.95. The molecule has 0 aliphatic carbocycles. The molecule has 2 rings (SSSR count). The maximum Gasteiger partial charge on any atom is 0.353 e. The smallest absolute Gasteiger partial charge is 0.353 e. The molecular weight excluding hydrogens is 272 g/mol. The number of halogens is 1. The molecule has 1 atom stereocenters. The number of carboxylic acids is 1. The molecule has 1 aromatic carbocycles. The second-order valence-corrected chi connectivity index (χ2v) is 4.52. The van der Waals surface area contributed by atoms with E-state index in [0.29, 0.717) is 10.7 Å². The maximum absolute atomic E-state index is 11.9. The molecule has 19 heavy (non-hydrogen) atoms. The van der Waals surface area contributed by atoms with Gasteiger partial charge in [0.05, 0.1) is 10.7 Å². The minimum Gasteiger partial charge on any atom is -0.477 e. The van der Waals surface area contributed by atoms with E-state index in [-0.39, 0.29) is 12.1 Å². The number of aliphatic carboxylic acids is 1. The van der Waals surface area contributed by atoms with E-state index in [4.69, 9.17) is 21.5 Å². The Labute approximate surface area is 114 Å². The second-order valence-electron chi connectivity index (χ2n) is 4.11. The first-order valence-corrected chi connectivity index (χ1v) is 5.88. The van der Waals surface area contributed by atoms with E-state index in [1.54, 1.807) is 12.1 Å². The molecule has 100 valence electrons. The third-order valence-corrected chi connectivity index (χ3v) is 2.92. The predicted octanol–water partition coefficient (Wildman–Crippen LogP) is 1.82. The van der Waals surface area contributed by atoms with Gasteiger partial charge >= 0.3 is 5.97 Å². The molecule has 7 heteroatoms. The molecule has 1 aliphatic rings. The highest BCUT2D eigenvalue weighted by molar-refractivity contribution is 6.36. The Morgan fingerprint density at radius 2 is 2.26 bits per heavy atom. The summed E-state index contributed by atoms with van der Waals surface area (Å²) in [5.74, 6) is -1.67. The summed E-state index contributed by atoms with van der Waals surface area (Å²) < 4.78 is 0. The van der Waals surface area contributed by atoms with Crippen LogP contribution in [0.2, 0.25) is 5.02 Å². The van der Waals surface area contributed by atoms with E-state index in [1.165, 1.54) is 0 Å². The van der Waals surface area contributed by atoms with Gasteiger partial charge in [0.25, 0.3) is 5.91 Å². The minimum absolute atomic E-state index is 0.0649. The van der Waals surface area contributed by atoms with Gasteiger partial charge in [-0.05, 0) is 24.6 Å². The van der Waals surface area contributed by atoms with Gasteiger partial charge in [0.1, 0.15) is 0 Å². The molecular formula is C12H11ClN2O4. The van der Waals surface area contributed by atoms with Crippen molar-refractivity contribution in [3.63, 3.8) is 0 Å². The van der Waals surface area contributed by atoms with Crippen molar-refractivity contribution in [3.05, 3.63) is 28.8 Å². The highest BCUT2D eigenvalue weighted by atomic mass is 35.5. The van der Waals surface area contributed by atoms with E-state index >= 15 is 0 Å². The normalized spacial score (nSPS) is 17.6. The number of amides is 1. The molecule has 2 N–H and O–H groups in total. The average Bonchev–Trinajstić information content (AvgIpc) is 2.83. The molecule has 1 amide bonds. The Bertz CT molecular complexity index is 571. The van der Waals surface area contributed by atoms with Crippen molar-refractivity contribution in [1.29, 1.82) is 0 Å². The van der Waals surface area contributed by atoms with Crippen LogP contribution in [0.3, 0.4) is 0 Å². The lowest BCUT2D eigenvalue weighted by Gasteiger charge is -2.11. The number of carbonyl (C=O) groups excluding carboxylic acids is 1. The van der Waals surface area contributed by atoms with Crippen molar-refractivity contribution in [2.45, 2.75) is 19.4 Å². The molecule has 1 aliphatic heterocycles. The van der Waals surface area contributed by atoms with Crippen molar-refractivity contribution < 1.29 is 19.5 Å². The van der Waals surface area contributed by atoms with Crippen molar-refractivity contribution in [2.75, 3.05) is 5.32 Å². The number of nitrogens with zero attached hydrogens (tertiary/aromatic N) is 1. The zero-order valence-electron chi connectivity index (χ0n) is 10.0. The zero-order valence-corrected chi connectivity index (χ0v) is 10.8. The fourth-order valence-electron chi connectivity index (χ4n) is 1.59. The first-order chi connectivity index (χ1) is 8.97. The van der Waals surface area contributed by atoms with Gasteiger partial charge in [-0.3, -0.25) is 4.79 Å². The van der Waals surface area contributed by atoms with Crippen LogP contribution in [-0.4, -0.2) is 28.8 Å². The number of benzene rings is 1. The number of aryl methyl sites for hydroxylation is 1. The van der Waals surface area contributed by atoms with Gasteiger partial charge in [-0.25, -0.2) is 4.79 Å². The van der Waals surface area contributed by atoms with E-state index in [1.807, 2.05) is 13.0 Å². The quantitative estimate of drug-likeness (QED) is 0.885. The number of hydrogen-bond acceptors (Lipinski definition) is 4. The molecule has 0 aromatic heterocycles. The molecule has 0 saturated heterocycles. The van der Waals surface area contributed by atoms with Crippen LogP contribution in [0, 0.1) is 6.92 Å². The largest absolute Gasteiger partial charge is 0.477 e. The van der Waals surface area contributed by atoms with Gasteiger partial charge in [-0.15, -0.1) is 0 Å². The Kier molecular flexibility index (Phi) is 3.71. The standard InChI is InChI=1S/C12H11ClN2O4/c1-6-2-3-7(13)8(4-6)14-11(16)10-5-9(12(17)18)15-19-10/h2-4,10H,5H2,1H3,(H,14,16)(H,17,18). The Morgan fingerprint density at radius 1 is 1.53 bits per heavy atom. The second kappa shape index (κ2) is 5.27. The first kappa shape index (κ1) is 13.4.